The molecule has 4 nitrogen and oxygen atoms in total. The van der Waals surface area contributed by atoms with Crippen molar-refractivity contribution >= 4 is 5.97 Å². The van der Waals surface area contributed by atoms with Crippen LogP contribution in [0, 0.1) is 5.92 Å². The lowest BCUT2D eigenvalue weighted by molar-refractivity contribution is -0.140. The number of carboxylic acids is 1. The SMILES string of the molecule is CCCOc1cccc(CNC(C(=O)O)C(C)CC)c1. The van der Waals surface area contributed by atoms with Crippen molar-refractivity contribution in [2.45, 2.75) is 46.2 Å². The van der Waals surface area contributed by atoms with Crippen molar-refractivity contribution in [2.24, 2.45) is 5.92 Å². The quantitative estimate of drug-likeness (QED) is 0.729. The number of nitrogens with one attached hydrogen (secondary N) is 1. The topological polar surface area (TPSA) is 58.6 Å². The Balaban J connectivity index is 2.61. The van der Waals surface area contributed by atoms with Gasteiger partial charge in [0, 0.05) is 6.54 Å². The van der Waals surface area contributed by atoms with Crippen LogP contribution in [0.5, 0.6) is 5.75 Å². The molecule has 1 aromatic carbocycles. The molecule has 2 atom stereocenters. The van der Waals surface area contributed by atoms with Crippen LogP contribution in [0.1, 0.15) is 39.2 Å². The fourth-order valence-corrected chi connectivity index (χ4v) is 1.96. The van der Waals surface area contributed by atoms with Crippen LogP contribution in [-0.4, -0.2) is 23.7 Å². The first-order valence-electron chi connectivity index (χ1n) is 7.26. The predicted octanol–water partition coefficient (Wildman–Crippen LogP) is 3.06. The molecule has 0 aliphatic heterocycles. The van der Waals surface area contributed by atoms with Crippen LogP contribution >= 0.6 is 0 Å². The number of benzene rings is 1. The molecule has 0 bridgehead atoms. The molecule has 1 rings (SSSR count). The molecule has 4 heteroatoms. The highest BCUT2D eigenvalue weighted by Crippen LogP contribution is 2.15. The van der Waals surface area contributed by atoms with Crippen molar-refractivity contribution < 1.29 is 14.6 Å². The zero-order chi connectivity index (χ0) is 15.0. The molecule has 0 heterocycles. The van der Waals surface area contributed by atoms with Crippen LogP contribution in [0.4, 0.5) is 0 Å². The Hall–Kier alpha value is -1.55. The molecule has 2 unspecified atom stereocenters. The Morgan fingerprint density at radius 2 is 2.15 bits per heavy atom. The predicted molar refractivity (Wildman–Crippen MR) is 79.9 cm³/mol. The van der Waals surface area contributed by atoms with Crippen LogP contribution in [0.15, 0.2) is 24.3 Å². The van der Waals surface area contributed by atoms with E-state index in [-0.39, 0.29) is 5.92 Å². The third-order valence-corrected chi connectivity index (χ3v) is 3.38. The molecule has 2 N–H and O–H groups in total. The first-order chi connectivity index (χ1) is 9.58. The monoisotopic (exact) mass is 279 g/mol. The third kappa shape index (κ3) is 5.21. The maximum absolute atomic E-state index is 11.2. The van der Waals surface area contributed by atoms with Gasteiger partial charge < -0.3 is 15.2 Å². The molecule has 0 amide bonds. The number of hydrogen-bond acceptors (Lipinski definition) is 3. The van der Waals surface area contributed by atoms with Crippen LogP contribution in [0.25, 0.3) is 0 Å². The molecule has 112 valence electrons. The van der Waals surface area contributed by atoms with Gasteiger partial charge in [0.2, 0.25) is 0 Å². The van der Waals surface area contributed by atoms with E-state index in [0.29, 0.717) is 13.2 Å². The zero-order valence-electron chi connectivity index (χ0n) is 12.6. The van der Waals surface area contributed by atoms with E-state index in [4.69, 9.17) is 4.74 Å². The molecule has 0 aromatic heterocycles. The Morgan fingerprint density at radius 3 is 2.75 bits per heavy atom. The van der Waals surface area contributed by atoms with E-state index >= 15 is 0 Å². The standard InChI is InChI=1S/C16H25NO3/c1-4-9-20-14-8-6-7-13(10-14)11-17-15(16(18)19)12(3)5-2/h6-8,10,12,15,17H,4-5,9,11H2,1-3H3,(H,18,19). The van der Waals surface area contributed by atoms with Crippen LogP contribution in [-0.2, 0) is 11.3 Å². The van der Waals surface area contributed by atoms with Gasteiger partial charge in [0.15, 0.2) is 0 Å². The molecular weight excluding hydrogens is 254 g/mol. The van der Waals surface area contributed by atoms with Crippen molar-refractivity contribution in [2.75, 3.05) is 6.61 Å². The molecule has 0 aliphatic rings. The molecule has 0 aliphatic carbocycles. The fourth-order valence-electron chi connectivity index (χ4n) is 1.96. The highest BCUT2D eigenvalue weighted by Gasteiger charge is 2.22. The van der Waals surface area contributed by atoms with E-state index < -0.39 is 12.0 Å². The summed E-state index contributed by atoms with van der Waals surface area (Å²) in [7, 11) is 0. The van der Waals surface area contributed by atoms with Crippen molar-refractivity contribution in [1.29, 1.82) is 0 Å². The van der Waals surface area contributed by atoms with Gasteiger partial charge in [-0.05, 0) is 30.0 Å². The van der Waals surface area contributed by atoms with E-state index in [0.717, 1.165) is 24.2 Å². The fraction of sp³-hybridized carbons (Fsp3) is 0.562. The average molecular weight is 279 g/mol. The van der Waals surface area contributed by atoms with Gasteiger partial charge in [0.25, 0.3) is 0 Å². The van der Waals surface area contributed by atoms with Gasteiger partial charge in [-0.25, -0.2) is 0 Å². The molecule has 0 saturated carbocycles. The summed E-state index contributed by atoms with van der Waals surface area (Å²) < 4.78 is 5.57. The summed E-state index contributed by atoms with van der Waals surface area (Å²) >= 11 is 0. The minimum absolute atomic E-state index is 0.104. The number of carbonyl (C=O) groups is 1. The lowest BCUT2D eigenvalue weighted by Gasteiger charge is -2.20. The average Bonchev–Trinajstić information content (AvgIpc) is 2.45. The van der Waals surface area contributed by atoms with Crippen molar-refractivity contribution in [3.05, 3.63) is 29.8 Å². The van der Waals surface area contributed by atoms with E-state index in [1.807, 2.05) is 38.1 Å². The Labute approximate surface area is 121 Å². The summed E-state index contributed by atoms with van der Waals surface area (Å²) in [5, 5.41) is 12.4. The maximum atomic E-state index is 11.2. The Bertz CT molecular complexity index is 420. The summed E-state index contributed by atoms with van der Waals surface area (Å²) in [6.07, 6.45) is 1.81. The molecular formula is C16H25NO3. The van der Waals surface area contributed by atoms with Crippen LogP contribution in [0.2, 0.25) is 0 Å². The number of ether oxygens (including phenoxy) is 1. The number of carboxylic acid groups (broad SMARTS) is 1. The van der Waals surface area contributed by atoms with Gasteiger partial charge in [-0.15, -0.1) is 0 Å². The third-order valence-electron chi connectivity index (χ3n) is 3.38. The van der Waals surface area contributed by atoms with E-state index in [1.165, 1.54) is 0 Å². The molecule has 1 aromatic rings. The van der Waals surface area contributed by atoms with Crippen molar-refractivity contribution in [1.82, 2.24) is 5.32 Å². The summed E-state index contributed by atoms with van der Waals surface area (Å²) in [5.41, 5.74) is 1.04. The van der Waals surface area contributed by atoms with E-state index in [9.17, 15) is 9.90 Å². The summed E-state index contributed by atoms with van der Waals surface area (Å²) in [6, 6.07) is 7.27. The molecule has 20 heavy (non-hydrogen) atoms. The van der Waals surface area contributed by atoms with Crippen LogP contribution in [0.3, 0.4) is 0 Å². The number of hydrogen-bond donors (Lipinski definition) is 2. The van der Waals surface area contributed by atoms with Crippen molar-refractivity contribution in [3.8, 4) is 5.75 Å². The van der Waals surface area contributed by atoms with Gasteiger partial charge in [0.05, 0.1) is 6.61 Å². The highest BCUT2D eigenvalue weighted by molar-refractivity contribution is 5.73. The lowest BCUT2D eigenvalue weighted by atomic mass is 9.99. The van der Waals surface area contributed by atoms with E-state index in [1.54, 1.807) is 0 Å². The first kappa shape index (κ1) is 16.5. The minimum Gasteiger partial charge on any atom is -0.494 e. The van der Waals surface area contributed by atoms with Crippen LogP contribution < -0.4 is 10.1 Å². The van der Waals surface area contributed by atoms with Gasteiger partial charge >= 0.3 is 5.97 Å². The largest absolute Gasteiger partial charge is 0.494 e. The Morgan fingerprint density at radius 1 is 1.40 bits per heavy atom. The minimum atomic E-state index is -0.794. The summed E-state index contributed by atoms with van der Waals surface area (Å²) in [6.45, 7) is 7.25. The maximum Gasteiger partial charge on any atom is 0.320 e. The zero-order valence-corrected chi connectivity index (χ0v) is 12.6. The smallest absolute Gasteiger partial charge is 0.320 e. The second-order valence-corrected chi connectivity index (χ2v) is 5.08. The van der Waals surface area contributed by atoms with Gasteiger partial charge in [-0.3, -0.25) is 4.79 Å². The van der Waals surface area contributed by atoms with Gasteiger partial charge in [-0.2, -0.15) is 0 Å². The van der Waals surface area contributed by atoms with Gasteiger partial charge in [-0.1, -0.05) is 39.3 Å². The molecule has 0 saturated heterocycles. The number of aliphatic carboxylic acids is 1. The normalized spacial score (nSPS) is 13.8. The Kier molecular flexibility index (Phi) is 7.09. The van der Waals surface area contributed by atoms with Gasteiger partial charge in [0.1, 0.15) is 11.8 Å². The highest BCUT2D eigenvalue weighted by atomic mass is 16.5. The van der Waals surface area contributed by atoms with E-state index in [2.05, 4.69) is 12.2 Å². The summed E-state index contributed by atoms with van der Waals surface area (Å²) in [5.74, 6) is 0.145. The number of rotatable bonds is 9. The molecule has 0 radical (unpaired) electrons. The molecule has 0 spiro atoms. The summed E-state index contributed by atoms with van der Waals surface area (Å²) in [4.78, 5) is 11.2. The lowest BCUT2D eigenvalue weighted by Crippen LogP contribution is -2.41. The second kappa shape index (κ2) is 8.59. The molecule has 0 fully saturated rings. The second-order valence-electron chi connectivity index (χ2n) is 5.08. The first-order valence-corrected chi connectivity index (χ1v) is 7.26. The van der Waals surface area contributed by atoms with Crippen molar-refractivity contribution in [3.63, 3.8) is 0 Å².